The van der Waals surface area contributed by atoms with Gasteiger partial charge in [-0.2, -0.15) is 0 Å². The highest BCUT2D eigenvalue weighted by Crippen LogP contribution is 2.37. The van der Waals surface area contributed by atoms with E-state index in [0.717, 1.165) is 20.8 Å². The predicted octanol–water partition coefficient (Wildman–Crippen LogP) is -14.8. The van der Waals surface area contributed by atoms with E-state index in [0.29, 0.717) is 0 Å². The van der Waals surface area contributed by atoms with Crippen LogP contribution in [0, 0.1) is 0 Å². The number of rotatable bonds is 21. The molecule has 7 rings (SSSR count). The maximum absolute atomic E-state index is 12.9. The van der Waals surface area contributed by atoms with Crippen LogP contribution < -0.4 is 16.0 Å². The second-order valence-corrected chi connectivity index (χ2v) is 21.8. The van der Waals surface area contributed by atoms with E-state index in [9.17, 15) is 111 Å². The van der Waals surface area contributed by atoms with Crippen LogP contribution in [0.4, 0.5) is 0 Å². The van der Waals surface area contributed by atoms with Gasteiger partial charge in [0.2, 0.25) is 17.7 Å². The first-order valence-electron chi connectivity index (χ1n) is 27.5. The molecule has 7 aliphatic heterocycles. The van der Waals surface area contributed by atoms with Gasteiger partial charge in [0.05, 0.1) is 45.7 Å². The van der Waals surface area contributed by atoms with Crippen molar-refractivity contribution in [1.82, 2.24) is 16.0 Å². The number of hydrogen-bond acceptors (Lipinski definition) is 35. The van der Waals surface area contributed by atoms with E-state index in [-0.39, 0.29) is 0 Å². The van der Waals surface area contributed by atoms with Crippen LogP contribution in [0.5, 0.6) is 0 Å². The van der Waals surface area contributed by atoms with Gasteiger partial charge in [-0.15, -0.1) is 0 Å². The quantitative estimate of drug-likeness (QED) is 0.0507. The Bertz CT molecular complexity index is 2170. The van der Waals surface area contributed by atoms with E-state index >= 15 is 0 Å². The standard InChI is InChI=1S/C48H81N3O35/c1-11-24(59)32(67)35(70)45(76-11)74-10-20-39(30(65)21(42(73)77-20)49-12(2)56)83-44-23(51-14(4)58)31(66)38(18(8-55)81-44)84-47-37(72)40(85-46-36(71)33(68)26(61)16(6-53)79-46)28(63)19(82-47)9-75-48-41(34(69)27(62)17(7-54)80-48)86-43-22(50-13(3)57)29(64)25(60)15(5-52)78-43/h11,15-48,52-55,59-73H,5-10H2,1-4H3,(H,49,56)(H,50,57)(H,51,58)/t11-,15-,16-,17-,18-,19-,20-,21-,22-,23-,24+,25-,26-,27-,28-,29-,30-,31-,32+,33+,34+,35-,36+,37+,38-,39-,40+,41+,42?,43+,44+,45?,46-,47-,48+/m1/s1. The van der Waals surface area contributed by atoms with Gasteiger partial charge in [-0.3, -0.25) is 14.4 Å². The van der Waals surface area contributed by atoms with Gasteiger partial charge >= 0.3 is 0 Å². The molecule has 0 aromatic heterocycles. The number of carbonyl (C=O) groups is 3. The SMILES string of the molecule is CC(=O)N[C@H]1[C@H](O[C@H]2[C@H](O)[C@@H](NC(C)=O)C(O)O[C@@H]2COC2O[C@H](C)[C@H](O)[C@H](O)[C@H]2O)O[C@H](CO)[C@@H](O[C@H]2O[C@H](CO[C@H]3O[C@H](CO)[C@@H](O)[C@H](O)[C@@H]3O[C@@H]3O[C@H](CO)[C@@H](O)[C@H](O)[C@H]3NC(C)=O)[C@@H](O)[C@H](O[C@H]3O[C@H](CO)[C@@H](O)[C@H](O)[C@@H]3O)[C@@H]2O)[C@@H]1O. The van der Waals surface area contributed by atoms with E-state index in [4.69, 9.17) is 61.6 Å². The maximum atomic E-state index is 12.9. The fourth-order valence-corrected chi connectivity index (χ4v) is 10.9. The summed E-state index contributed by atoms with van der Waals surface area (Å²) >= 11 is 0. The molecule has 0 aromatic carbocycles. The van der Waals surface area contributed by atoms with Crippen molar-refractivity contribution in [2.45, 2.75) is 242 Å². The minimum Gasteiger partial charge on any atom is -0.394 e. The van der Waals surface area contributed by atoms with Crippen molar-refractivity contribution in [3.05, 3.63) is 0 Å². The molecule has 22 N–H and O–H groups in total. The first kappa shape index (κ1) is 70.6. The van der Waals surface area contributed by atoms with Crippen LogP contribution >= 0.6 is 0 Å². The third-order valence-electron chi connectivity index (χ3n) is 15.7. The van der Waals surface area contributed by atoms with Gasteiger partial charge in [0.1, 0.15) is 165 Å². The van der Waals surface area contributed by atoms with Crippen molar-refractivity contribution >= 4 is 17.7 Å². The van der Waals surface area contributed by atoms with Crippen LogP contribution in [0.3, 0.4) is 0 Å². The molecule has 0 radical (unpaired) electrons. The van der Waals surface area contributed by atoms with Gasteiger partial charge in [-0.05, 0) is 6.92 Å². The molecule has 498 valence electrons. The summed E-state index contributed by atoms with van der Waals surface area (Å²) < 4.78 is 75.7. The Kier molecular flexibility index (Phi) is 25.0. The van der Waals surface area contributed by atoms with Crippen molar-refractivity contribution in [1.29, 1.82) is 0 Å². The van der Waals surface area contributed by atoms with Gasteiger partial charge in [0.25, 0.3) is 0 Å². The minimum atomic E-state index is -2.34. The lowest BCUT2D eigenvalue weighted by Gasteiger charge is -2.50. The Morgan fingerprint density at radius 3 is 1.28 bits per heavy atom. The summed E-state index contributed by atoms with van der Waals surface area (Å²) in [6.45, 7) is -1.39. The number of nitrogens with one attached hydrogen (secondary N) is 3. The van der Waals surface area contributed by atoms with Crippen LogP contribution in [0.2, 0.25) is 0 Å². The highest BCUT2D eigenvalue weighted by Gasteiger charge is 2.58. The van der Waals surface area contributed by atoms with Crippen molar-refractivity contribution in [2.24, 2.45) is 0 Å². The zero-order valence-electron chi connectivity index (χ0n) is 46.5. The molecule has 2 unspecified atom stereocenters. The van der Waals surface area contributed by atoms with Crippen LogP contribution in [0.1, 0.15) is 27.7 Å². The van der Waals surface area contributed by atoms with Gasteiger partial charge in [-0.1, -0.05) is 0 Å². The Labute approximate surface area is 488 Å². The second-order valence-electron chi connectivity index (χ2n) is 21.8. The van der Waals surface area contributed by atoms with Gasteiger partial charge < -0.3 is 175 Å². The molecular weight excluding hydrogens is 1180 g/mol. The molecule has 38 nitrogen and oxygen atoms in total. The molecule has 7 fully saturated rings. The van der Waals surface area contributed by atoms with E-state index in [2.05, 4.69) is 16.0 Å². The van der Waals surface area contributed by atoms with E-state index in [1.165, 1.54) is 6.92 Å². The first-order valence-corrected chi connectivity index (χ1v) is 27.5. The summed E-state index contributed by atoms with van der Waals surface area (Å²) in [7, 11) is 0. The molecule has 0 aromatic rings. The van der Waals surface area contributed by atoms with Gasteiger partial charge in [0, 0.05) is 20.8 Å². The van der Waals surface area contributed by atoms with Gasteiger partial charge in [0.15, 0.2) is 44.0 Å². The number of carbonyl (C=O) groups excluding carboxylic acids is 3. The molecule has 0 saturated carbocycles. The number of amides is 3. The largest absolute Gasteiger partial charge is 0.394 e. The average molecular weight is 1260 g/mol. The zero-order chi connectivity index (χ0) is 63.5. The fraction of sp³-hybridized carbons (Fsp3) is 0.938. The fourth-order valence-electron chi connectivity index (χ4n) is 10.9. The number of hydrogen-bond donors (Lipinski definition) is 22. The molecule has 0 aliphatic carbocycles. The predicted molar refractivity (Wildman–Crippen MR) is 265 cm³/mol. The van der Waals surface area contributed by atoms with Crippen LogP contribution in [-0.2, 0) is 76.0 Å². The Morgan fingerprint density at radius 1 is 0.326 bits per heavy atom. The molecule has 0 spiro atoms. The third kappa shape index (κ3) is 15.5. The molecule has 3 amide bonds. The van der Waals surface area contributed by atoms with E-state index in [1.807, 2.05) is 0 Å². The summed E-state index contributed by atoms with van der Waals surface area (Å²) in [5.74, 6) is -2.46. The normalized spacial score (nSPS) is 49.4. The zero-order valence-corrected chi connectivity index (χ0v) is 46.5. The van der Waals surface area contributed by atoms with Crippen molar-refractivity contribution in [3.63, 3.8) is 0 Å². The van der Waals surface area contributed by atoms with Gasteiger partial charge in [-0.25, -0.2) is 0 Å². The lowest BCUT2D eigenvalue weighted by atomic mass is 9.93. The minimum absolute atomic E-state index is 0.766. The van der Waals surface area contributed by atoms with Crippen molar-refractivity contribution in [3.8, 4) is 0 Å². The number of ether oxygens (including phenoxy) is 13. The van der Waals surface area contributed by atoms with Crippen molar-refractivity contribution < 1.29 is 173 Å². The highest BCUT2D eigenvalue weighted by atomic mass is 16.8. The smallest absolute Gasteiger partial charge is 0.217 e. The molecule has 7 aliphatic rings. The van der Waals surface area contributed by atoms with E-state index in [1.54, 1.807) is 0 Å². The topological polar surface area (TPSA) is 592 Å². The van der Waals surface area contributed by atoms with Crippen molar-refractivity contribution in [2.75, 3.05) is 39.6 Å². The lowest BCUT2D eigenvalue weighted by molar-refractivity contribution is -0.387. The van der Waals surface area contributed by atoms with E-state index < -0.39 is 272 Å². The van der Waals surface area contributed by atoms with Crippen LogP contribution in [0.25, 0.3) is 0 Å². The van der Waals surface area contributed by atoms with Crippen LogP contribution in [-0.4, -0.2) is 369 Å². The maximum Gasteiger partial charge on any atom is 0.217 e. The molecule has 7 saturated heterocycles. The Hall–Kier alpha value is -2.87. The summed E-state index contributed by atoms with van der Waals surface area (Å²) in [5, 5.41) is 214. The second kappa shape index (κ2) is 30.5. The highest BCUT2D eigenvalue weighted by molar-refractivity contribution is 5.74. The van der Waals surface area contributed by atoms with Crippen LogP contribution in [0.15, 0.2) is 0 Å². The summed E-state index contributed by atoms with van der Waals surface area (Å²) in [6.07, 6.45) is -61.1. The number of aliphatic hydroxyl groups is 19. The monoisotopic (exact) mass is 1260 g/mol. The molecule has 0 bridgehead atoms. The molecule has 38 heteroatoms. The Balaban J connectivity index is 1.17. The third-order valence-corrected chi connectivity index (χ3v) is 15.7. The lowest BCUT2D eigenvalue weighted by Crippen LogP contribution is -2.70. The Morgan fingerprint density at radius 2 is 0.709 bits per heavy atom. The molecule has 86 heavy (non-hydrogen) atoms. The first-order chi connectivity index (χ1) is 40.6. The average Bonchev–Trinajstić information content (AvgIpc) is 1.29. The molecular formula is C48H81N3O35. The summed E-state index contributed by atoms with van der Waals surface area (Å²) in [4.78, 5) is 37.3. The summed E-state index contributed by atoms with van der Waals surface area (Å²) in [6, 6.07) is -5.16. The molecule has 35 atom stereocenters. The number of aliphatic hydroxyl groups excluding tert-OH is 19. The molecule has 7 heterocycles. The summed E-state index contributed by atoms with van der Waals surface area (Å²) in [5.41, 5.74) is 0.